The molecule has 1 aromatic rings. The van der Waals surface area contributed by atoms with Crippen LogP contribution in [0.1, 0.15) is 6.42 Å². The number of ether oxygens (including phenoxy) is 2. The van der Waals surface area contributed by atoms with Gasteiger partial charge >= 0.3 is 5.97 Å². The molecule has 0 bridgehead atoms. The molecule has 0 aliphatic rings. The van der Waals surface area contributed by atoms with E-state index in [9.17, 15) is 4.79 Å². The topological polar surface area (TPSA) is 35.5 Å². The van der Waals surface area contributed by atoms with E-state index in [4.69, 9.17) is 44.3 Å². The highest BCUT2D eigenvalue weighted by Crippen LogP contribution is 2.35. The molecule has 3 nitrogen and oxygen atoms in total. The lowest BCUT2D eigenvalue weighted by Crippen LogP contribution is -2.06. The SMILES string of the molecule is C=CC(=O)OCCCOc1c(Cl)cc(Cl)cc1Cl. The van der Waals surface area contributed by atoms with E-state index in [1.165, 1.54) is 0 Å². The number of halogens is 3. The molecule has 0 radical (unpaired) electrons. The van der Waals surface area contributed by atoms with Crippen molar-refractivity contribution in [2.75, 3.05) is 13.2 Å². The summed E-state index contributed by atoms with van der Waals surface area (Å²) in [6.45, 7) is 3.85. The zero-order valence-electron chi connectivity index (χ0n) is 9.42. The van der Waals surface area contributed by atoms with Gasteiger partial charge in [-0.1, -0.05) is 41.4 Å². The Balaban J connectivity index is 2.40. The van der Waals surface area contributed by atoms with Gasteiger partial charge in [0.25, 0.3) is 0 Å². The van der Waals surface area contributed by atoms with Gasteiger partial charge in [-0.25, -0.2) is 4.79 Å². The van der Waals surface area contributed by atoms with Crippen LogP contribution in [0.25, 0.3) is 0 Å². The van der Waals surface area contributed by atoms with E-state index < -0.39 is 5.97 Å². The normalized spacial score (nSPS) is 9.94. The van der Waals surface area contributed by atoms with Crippen molar-refractivity contribution in [2.45, 2.75) is 6.42 Å². The van der Waals surface area contributed by atoms with Gasteiger partial charge in [-0.05, 0) is 12.1 Å². The first-order chi connectivity index (χ1) is 8.54. The largest absolute Gasteiger partial charge is 0.490 e. The van der Waals surface area contributed by atoms with Crippen LogP contribution >= 0.6 is 34.8 Å². The van der Waals surface area contributed by atoms with Crippen molar-refractivity contribution in [1.82, 2.24) is 0 Å². The van der Waals surface area contributed by atoms with Crippen molar-refractivity contribution in [2.24, 2.45) is 0 Å². The van der Waals surface area contributed by atoms with Crippen LogP contribution < -0.4 is 4.74 Å². The Labute approximate surface area is 120 Å². The summed E-state index contributed by atoms with van der Waals surface area (Å²) in [7, 11) is 0. The third-order valence-electron chi connectivity index (χ3n) is 1.91. The molecule has 0 spiro atoms. The molecule has 1 rings (SSSR count). The van der Waals surface area contributed by atoms with Gasteiger partial charge < -0.3 is 9.47 Å². The summed E-state index contributed by atoms with van der Waals surface area (Å²) in [5, 5.41) is 1.13. The number of benzene rings is 1. The molecule has 0 aliphatic carbocycles. The molecule has 0 fully saturated rings. The zero-order valence-corrected chi connectivity index (χ0v) is 11.7. The van der Waals surface area contributed by atoms with Crippen molar-refractivity contribution in [3.8, 4) is 5.75 Å². The average molecular weight is 310 g/mol. The highest BCUT2D eigenvalue weighted by molar-refractivity contribution is 6.40. The fourth-order valence-corrected chi connectivity index (χ4v) is 2.06. The van der Waals surface area contributed by atoms with E-state index in [0.29, 0.717) is 33.8 Å². The minimum absolute atomic E-state index is 0.244. The second-order valence-corrected chi connectivity index (χ2v) is 4.52. The average Bonchev–Trinajstić information content (AvgIpc) is 2.31. The summed E-state index contributed by atoms with van der Waals surface area (Å²) >= 11 is 17.6. The summed E-state index contributed by atoms with van der Waals surface area (Å²) < 4.78 is 10.2. The summed E-state index contributed by atoms with van der Waals surface area (Å²) in [6.07, 6.45) is 1.63. The lowest BCUT2D eigenvalue weighted by atomic mass is 10.3. The van der Waals surface area contributed by atoms with Crippen molar-refractivity contribution in [3.63, 3.8) is 0 Å². The summed E-state index contributed by atoms with van der Waals surface area (Å²) in [4.78, 5) is 10.8. The van der Waals surface area contributed by atoms with Gasteiger partial charge in [-0.15, -0.1) is 0 Å². The Bertz CT molecular complexity index is 423. The summed E-state index contributed by atoms with van der Waals surface area (Å²) in [5.41, 5.74) is 0. The fourth-order valence-electron chi connectivity index (χ4n) is 1.13. The van der Waals surface area contributed by atoms with Gasteiger partial charge in [0.05, 0.1) is 23.3 Å². The van der Waals surface area contributed by atoms with Gasteiger partial charge in [-0.3, -0.25) is 0 Å². The van der Waals surface area contributed by atoms with E-state index in [1.54, 1.807) is 12.1 Å². The Hall–Kier alpha value is -0.900. The molecule has 0 atom stereocenters. The van der Waals surface area contributed by atoms with Crippen LogP contribution in [0.2, 0.25) is 15.1 Å². The monoisotopic (exact) mass is 308 g/mol. The van der Waals surface area contributed by atoms with Crippen LogP contribution in [0.15, 0.2) is 24.8 Å². The maximum atomic E-state index is 10.8. The predicted octanol–water partition coefficient (Wildman–Crippen LogP) is 4.14. The fraction of sp³-hybridized carbons (Fsp3) is 0.250. The maximum Gasteiger partial charge on any atom is 0.330 e. The first-order valence-electron chi connectivity index (χ1n) is 5.11. The zero-order chi connectivity index (χ0) is 13.5. The van der Waals surface area contributed by atoms with Crippen LogP contribution in [-0.2, 0) is 9.53 Å². The predicted molar refractivity (Wildman–Crippen MR) is 72.7 cm³/mol. The van der Waals surface area contributed by atoms with Gasteiger partial charge in [0, 0.05) is 17.5 Å². The maximum absolute atomic E-state index is 10.8. The minimum Gasteiger partial charge on any atom is -0.490 e. The number of esters is 1. The molecule has 0 aromatic heterocycles. The molecule has 98 valence electrons. The molecule has 0 unspecified atom stereocenters. The number of hydrogen-bond acceptors (Lipinski definition) is 3. The molecule has 18 heavy (non-hydrogen) atoms. The Morgan fingerprint density at radius 1 is 1.22 bits per heavy atom. The molecule has 0 saturated heterocycles. The van der Waals surface area contributed by atoms with Crippen molar-refractivity contribution in [1.29, 1.82) is 0 Å². The lowest BCUT2D eigenvalue weighted by Gasteiger charge is -2.10. The second kappa shape index (κ2) is 7.52. The molecular formula is C12H11Cl3O3. The number of carbonyl (C=O) groups is 1. The molecule has 0 aliphatic heterocycles. The molecule has 6 heteroatoms. The van der Waals surface area contributed by atoms with E-state index in [2.05, 4.69) is 6.58 Å². The van der Waals surface area contributed by atoms with Crippen molar-refractivity contribution in [3.05, 3.63) is 39.9 Å². The molecule has 0 heterocycles. The number of rotatable bonds is 6. The Kier molecular flexibility index (Phi) is 6.33. The summed E-state index contributed by atoms with van der Waals surface area (Å²) in [6, 6.07) is 3.09. The van der Waals surface area contributed by atoms with E-state index in [1.807, 2.05) is 0 Å². The number of carbonyl (C=O) groups excluding carboxylic acids is 1. The van der Waals surface area contributed by atoms with Crippen LogP contribution in [-0.4, -0.2) is 19.2 Å². The summed E-state index contributed by atoms with van der Waals surface area (Å²) in [5.74, 6) is -0.0876. The smallest absolute Gasteiger partial charge is 0.330 e. The van der Waals surface area contributed by atoms with Gasteiger partial charge in [0.15, 0.2) is 5.75 Å². The number of hydrogen-bond donors (Lipinski definition) is 0. The van der Waals surface area contributed by atoms with Crippen molar-refractivity contribution >= 4 is 40.8 Å². The molecule has 0 amide bonds. The van der Waals surface area contributed by atoms with Crippen LogP contribution in [0.3, 0.4) is 0 Å². The lowest BCUT2D eigenvalue weighted by molar-refractivity contribution is -0.137. The highest BCUT2D eigenvalue weighted by atomic mass is 35.5. The first kappa shape index (κ1) is 15.2. The van der Waals surface area contributed by atoms with E-state index >= 15 is 0 Å². The Morgan fingerprint density at radius 3 is 2.39 bits per heavy atom. The molecule has 0 N–H and O–H groups in total. The third-order valence-corrected chi connectivity index (χ3v) is 2.69. The van der Waals surface area contributed by atoms with Gasteiger partial charge in [0.2, 0.25) is 0 Å². The Morgan fingerprint density at radius 2 is 1.83 bits per heavy atom. The first-order valence-corrected chi connectivity index (χ1v) is 6.24. The third kappa shape index (κ3) is 4.77. The molecule has 1 aromatic carbocycles. The standard InChI is InChI=1S/C12H11Cl3O3/c1-2-11(16)17-4-3-5-18-12-9(14)6-8(13)7-10(12)15/h2,6-7H,1,3-5H2. The molecular weight excluding hydrogens is 298 g/mol. The van der Waals surface area contributed by atoms with Gasteiger partial charge in [0.1, 0.15) is 0 Å². The van der Waals surface area contributed by atoms with E-state index in [-0.39, 0.29) is 6.61 Å². The highest BCUT2D eigenvalue weighted by Gasteiger charge is 2.08. The van der Waals surface area contributed by atoms with E-state index in [0.717, 1.165) is 6.08 Å². The minimum atomic E-state index is -0.461. The second-order valence-electron chi connectivity index (χ2n) is 3.27. The van der Waals surface area contributed by atoms with Crippen LogP contribution in [0.4, 0.5) is 0 Å². The molecule has 0 saturated carbocycles. The van der Waals surface area contributed by atoms with Crippen molar-refractivity contribution < 1.29 is 14.3 Å². The van der Waals surface area contributed by atoms with Crippen LogP contribution in [0, 0.1) is 0 Å². The quantitative estimate of drug-likeness (QED) is 0.450. The van der Waals surface area contributed by atoms with Crippen LogP contribution in [0.5, 0.6) is 5.75 Å². The van der Waals surface area contributed by atoms with Gasteiger partial charge in [-0.2, -0.15) is 0 Å².